The number of hydrogen-bond acceptors (Lipinski definition) is 3. The minimum atomic E-state index is 0.220. The van der Waals surface area contributed by atoms with E-state index in [0.717, 1.165) is 31.0 Å². The summed E-state index contributed by atoms with van der Waals surface area (Å²) in [7, 11) is 1.97. The van der Waals surface area contributed by atoms with E-state index in [0.29, 0.717) is 0 Å². The van der Waals surface area contributed by atoms with Crippen LogP contribution in [0.5, 0.6) is 0 Å². The lowest BCUT2D eigenvalue weighted by molar-refractivity contribution is 0.220. The van der Waals surface area contributed by atoms with Crippen molar-refractivity contribution in [2.24, 2.45) is 0 Å². The van der Waals surface area contributed by atoms with Crippen LogP contribution in [-0.4, -0.2) is 13.7 Å². The fourth-order valence-electron chi connectivity index (χ4n) is 2.27. The molecule has 0 aromatic carbocycles. The zero-order valence-corrected chi connectivity index (χ0v) is 10.2. The number of aryl methyl sites for hydroxylation is 2. The first-order chi connectivity index (χ1) is 7.72. The number of likely N-dealkylation sites (N-methyl/N-ethyl adjacent to an activating group) is 1. The van der Waals surface area contributed by atoms with Crippen LogP contribution in [0.4, 0.5) is 0 Å². The molecule has 1 aliphatic rings. The van der Waals surface area contributed by atoms with Gasteiger partial charge in [-0.25, -0.2) is 0 Å². The molecule has 1 N–H and O–H groups in total. The van der Waals surface area contributed by atoms with Crippen molar-refractivity contribution < 1.29 is 9.15 Å². The quantitative estimate of drug-likeness (QED) is 0.852. The summed E-state index contributed by atoms with van der Waals surface area (Å²) in [6.45, 7) is 4.83. The molecule has 3 nitrogen and oxygen atoms in total. The van der Waals surface area contributed by atoms with E-state index in [1.54, 1.807) is 0 Å². The zero-order chi connectivity index (χ0) is 11.5. The van der Waals surface area contributed by atoms with E-state index in [1.807, 2.05) is 27.2 Å². The molecule has 88 valence electrons. The summed E-state index contributed by atoms with van der Waals surface area (Å²) in [4.78, 5) is 0. The monoisotopic (exact) mass is 221 g/mol. The van der Waals surface area contributed by atoms with Gasteiger partial charge in [-0.15, -0.1) is 0 Å². The van der Waals surface area contributed by atoms with Gasteiger partial charge in [-0.3, -0.25) is 0 Å². The average molecular weight is 221 g/mol. The average Bonchev–Trinajstić information content (AvgIpc) is 2.61. The molecule has 0 spiro atoms. The first-order valence-corrected chi connectivity index (χ1v) is 5.77. The molecule has 0 saturated carbocycles. The van der Waals surface area contributed by atoms with Gasteiger partial charge < -0.3 is 14.5 Å². The Morgan fingerprint density at radius 2 is 2.19 bits per heavy atom. The molecule has 2 rings (SSSR count). The van der Waals surface area contributed by atoms with Crippen molar-refractivity contribution >= 4 is 0 Å². The van der Waals surface area contributed by atoms with E-state index in [-0.39, 0.29) is 6.04 Å². The Morgan fingerprint density at radius 1 is 1.38 bits per heavy atom. The molecule has 1 aromatic heterocycles. The van der Waals surface area contributed by atoms with Crippen molar-refractivity contribution in [3.05, 3.63) is 35.0 Å². The maximum Gasteiger partial charge on any atom is 0.106 e. The van der Waals surface area contributed by atoms with Crippen LogP contribution in [-0.2, 0) is 4.74 Å². The summed E-state index contributed by atoms with van der Waals surface area (Å²) in [6.07, 6.45) is 4.08. The van der Waals surface area contributed by atoms with Crippen molar-refractivity contribution in [1.29, 1.82) is 0 Å². The second-order valence-electron chi connectivity index (χ2n) is 4.26. The minimum absolute atomic E-state index is 0.220. The Balaban J connectivity index is 2.28. The summed E-state index contributed by atoms with van der Waals surface area (Å²) in [5.74, 6) is 1.95. The van der Waals surface area contributed by atoms with Gasteiger partial charge in [0.05, 0.1) is 18.9 Å². The SMILES string of the molecule is CNC(C1=COCCC1)c1cc(C)oc1C. The molecule has 0 bridgehead atoms. The molecule has 1 atom stereocenters. The van der Waals surface area contributed by atoms with Crippen molar-refractivity contribution in [2.75, 3.05) is 13.7 Å². The lowest BCUT2D eigenvalue weighted by Gasteiger charge is -2.22. The van der Waals surface area contributed by atoms with Gasteiger partial charge >= 0.3 is 0 Å². The third-order valence-electron chi connectivity index (χ3n) is 3.01. The second-order valence-corrected chi connectivity index (χ2v) is 4.26. The van der Waals surface area contributed by atoms with E-state index in [9.17, 15) is 0 Å². The lowest BCUT2D eigenvalue weighted by atomic mass is 9.95. The normalized spacial score (nSPS) is 17.8. The van der Waals surface area contributed by atoms with Crippen molar-refractivity contribution in [3.8, 4) is 0 Å². The van der Waals surface area contributed by atoms with E-state index >= 15 is 0 Å². The van der Waals surface area contributed by atoms with E-state index in [4.69, 9.17) is 9.15 Å². The fraction of sp³-hybridized carbons (Fsp3) is 0.538. The van der Waals surface area contributed by atoms with E-state index < -0.39 is 0 Å². The molecule has 1 aromatic rings. The number of ether oxygens (including phenoxy) is 1. The van der Waals surface area contributed by atoms with Crippen molar-refractivity contribution in [2.45, 2.75) is 32.7 Å². The molecule has 0 aliphatic carbocycles. The minimum Gasteiger partial charge on any atom is -0.501 e. The van der Waals surface area contributed by atoms with Crippen LogP contribution >= 0.6 is 0 Å². The first kappa shape index (κ1) is 11.3. The van der Waals surface area contributed by atoms with Crippen molar-refractivity contribution in [1.82, 2.24) is 5.32 Å². The van der Waals surface area contributed by atoms with Gasteiger partial charge in [0, 0.05) is 5.56 Å². The summed E-state index contributed by atoms with van der Waals surface area (Å²) in [6, 6.07) is 2.32. The third-order valence-corrected chi connectivity index (χ3v) is 3.01. The highest BCUT2D eigenvalue weighted by molar-refractivity contribution is 5.31. The van der Waals surface area contributed by atoms with Crippen LogP contribution < -0.4 is 5.32 Å². The highest BCUT2D eigenvalue weighted by atomic mass is 16.5. The van der Waals surface area contributed by atoms with Gasteiger partial charge in [-0.05, 0) is 45.4 Å². The van der Waals surface area contributed by atoms with E-state index in [1.165, 1.54) is 11.1 Å². The van der Waals surface area contributed by atoms with Crippen LogP contribution in [0.3, 0.4) is 0 Å². The predicted octanol–water partition coefficient (Wildman–Crippen LogP) is 2.85. The number of rotatable bonds is 3. The topological polar surface area (TPSA) is 34.4 Å². The summed E-state index contributed by atoms with van der Waals surface area (Å²) in [5, 5.41) is 3.33. The molecule has 2 heterocycles. The standard InChI is InChI=1S/C13H19NO2/c1-9-7-12(10(2)16-9)13(14-3)11-5-4-6-15-8-11/h7-8,13-14H,4-6H2,1-3H3. The maximum absolute atomic E-state index is 5.58. The number of hydrogen-bond donors (Lipinski definition) is 1. The van der Waals surface area contributed by atoms with Crippen LogP contribution in [0, 0.1) is 13.8 Å². The Morgan fingerprint density at radius 3 is 2.69 bits per heavy atom. The van der Waals surface area contributed by atoms with Crippen LogP contribution in [0.1, 0.15) is 36.0 Å². The molecular weight excluding hydrogens is 202 g/mol. The molecule has 0 amide bonds. The Kier molecular flexibility index (Phi) is 3.34. The molecule has 3 heteroatoms. The molecule has 1 unspecified atom stereocenters. The van der Waals surface area contributed by atoms with Crippen LogP contribution in [0.2, 0.25) is 0 Å². The number of nitrogens with one attached hydrogen (secondary N) is 1. The third kappa shape index (κ3) is 2.14. The highest BCUT2D eigenvalue weighted by Crippen LogP contribution is 2.30. The summed E-state index contributed by atoms with van der Waals surface area (Å²) >= 11 is 0. The van der Waals surface area contributed by atoms with E-state index in [2.05, 4.69) is 11.4 Å². The molecule has 0 radical (unpaired) electrons. The Hall–Kier alpha value is -1.22. The largest absolute Gasteiger partial charge is 0.501 e. The summed E-state index contributed by atoms with van der Waals surface area (Å²) < 4.78 is 11.0. The Labute approximate surface area is 96.5 Å². The molecule has 0 saturated heterocycles. The zero-order valence-electron chi connectivity index (χ0n) is 10.2. The Bertz CT molecular complexity index is 393. The highest BCUT2D eigenvalue weighted by Gasteiger charge is 2.21. The van der Waals surface area contributed by atoms with Gasteiger partial charge in [-0.1, -0.05) is 0 Å². The maximum atomic E-state index is 5.58. The van der Waals surface area contributed by atoms with Gasteiger partial charge in [0.1, 0.15) is 11.5 Å². The fourth-order valence-corrected chi connectivity index (χ4v) is 2.27. The second kappa shape index (κ2) is 4.74. The molecular formula is C13H19NO2. The van der Waals surface area contributed by atoms with Gasteiger partial charge in [0.15, 0.2) is 0 Å². The smallest absolute Gasteiger partial charge is 0.106 e. The molecule has 0 fully saturated rings. The summed E-state index contributed by atoms with van der Waals surface area (Å²) in [5.41, 5.74) is 2.52. The molecule has 1 aliphatic heterocycles. The van der Waals surface area contributed by atoms with Gasteiger partial charge in [-0.2, -0.15) is 0 Å². The predicted molar refractivity (Wildman–Crippen MR) is 63.3 cm³/mol. The van der Waals surface area contributed by atoms with Gasteiger partial charge in [0.25, 0.3) is 0 Å². The number of furan rings is 1. The van der Waals surface area contributed by atoms with Crippen molar-refractivity contribution in [3.63, 3.8) is 0 Å². The van der Waals surface area contributed by atoms with Crippen LogP contribution in [0.15, 0.2) is 22.3 Å². The lowest BCUT2D eigenvalue weighted by Crippen LogP contribution is -2.21. The van der Waals surface area contributed by atoms with Gasteiger partial charge in [0.2, 0.25) is 0 Å². The van der Waals surface area contributed by atoms with Crippen LogP contribution in [0.25, 0.3) is 0 Å². The molecule has 16 heavy (non-hydrogen) atoms. The first-order valence-electron chi connectivity index (χ1n) is 5.77.